The Hall–Kier alpha value is -6.49. The van der Waals surface area contributed by atoms with E-state index in [2.05, 4.69) is 160 Å². The van der Waals surface area contributed by atoms with E-state index in [4.69, 9.17) is 23.9 Å². The number of aromatic nitrogens is 4. The lowest BCUT2D eigenvalue weighted by Crippen LogP contribution is -2.41. The van der Waals surface area contributed by atoms with Crippen LogP contribution in [0.1, 0.15) is 45.0 Å². The molecule has 0 amide bonds. The number of aromatic amines is 1. The zero-order valence-electron chi connectivity index (χ0n) is 32.9. The molecule has 9 rings (SSSR count). The Morgan fingerprint density at radius 1 is 0.576 bits per heavy atom. The summed E-state index contributed by atoms with van der Waals surface area (Å²) in [6.45, 7) is 0.203. The zero-order valence-corrected chi connectivity index (χ0v) is 32.9. The van der Waals surface area contributed by atoms with E-state index in [9.17, 15) is 0 Å². The van der Waals surface area contributed by atoms with Crippen molar-refractivity contribution in [2.24, 2.45) is 0 Å². The van der Waals surface area contributed by atoms with Crippen LogP contribution in [-0.2, 0) is 30.1 Å². The minimum Gasteiger partial charge on any atom is -0.376 e. The van der Waals surface area contributed by atoms with Crippen molar-refractivity contribution in [3.8, 4) is 0 Å². The molecule has 6 aromatic carbocycles. The molecule has 4 atom stereocenters. The maximum absolute atomic E-state index is 7.33. The highest BCUT2D eigenvalue weighted by Crippen LogP contribution is 2.48. The number of methoxy groups -OCH3 is 2. The zero-order chi connectivity index (χ0) is 40.1. The maximum atomic E-state index is 7.33. The summed E-state index contributed by atoms with van der Waals surface area (Å²) in [6, 6.07) is 60.3. The Kier molecular flexibility index (Phi) is 10.8. The minimum atomic E-state index is -0.985. The first-order valence-electron chi connectivity index (χ1n) is 19.8. The molecule has 1 fully saturated rings. The summed E-state index contributed by atoms with van der Waals surface area (Å²) in [4.78, 5) is 17.0. The highest BCUT2D eigenvalue weighted by molar-refractivity contribution is 5.83. The number of hydrogen-bond donors (Lipinski definition) is 2. The van der Waals surface area contributed by atoms with Gasteiger partial charge in [0.15, 0.2) is 11.5 Å². The Bertz CT molecular complexity index is 2440. The van der Waals surface area contributed by atoms with Crippen LogP contribution in [-0.4, -0.2) is 59.1 Å². The van der Waals surface area contributed by atoms with Crippen molar-refractivity contribution in [3.05, 3.63) is 228 Å². The first-order chi connectivity index (χ1) is 29.2. The van der Waals surface area contributed by atoms with Gasteiger partial charge in [-0.1, -0.05) is 176 Å². The van der Waals surface area contributed by atoms with Gasteiger partial charge in [-0.2, -0.15) is 0 Å². The molecule has 1 aliphatic heterocycles. The average Bonchev–Trinajstić information content (AvgIpc) is 3.95. The number of imidazole rings is 1. The van der Waals surface area contributed by atoms with Gasteiger partial charge in [-0.25, -0.2) is 15.0 Å². The van der Waals surface area contributed by atoms with E-state index in [0.717, 1.165) is 38.9 Å². The van der Waals surface area contributed by atoms with Gasteiger partial charge in [0.05, 0.1) is 12.9 Å². The number of benzene rings is 6. The van der Waals surface area contributed by atoms with Gasteiger partial charge in [0.2, 0.25) is 0 Å². The molecule has 0 aliphatic carbocycles. The third-order valence-corrected chi connectivity index (χ3v) is 11.5. The molecular weight excluding hydrogens is 735 g/mol. The molecule has 0 radical (unpaired) electrons. The van der Waals surface area contributed by atoms with E-state index < -0.39 is 35.6 Å². The Morgan fingerprint density at radius 3 is 1.59 bits per heavy atom. The summed E-state index contributed by atoms with van der Waals surface area (Å²) in [7, 11) is 3.43. The van der Waals surface area contributed by atoms with E-state index in [1.165, 1.54) is 0 Å². The summed E-state index contributed by atoms with van der Waals surface area (Å²) in [6.07, 6.45) is 1.15. The monoisotopic (exact) mass is 779 g/mol. The van der Waals surface area contributed by atoms with Crippen molar-refractivity contribution < 1.29 is 18.9 Å². The molecule has 3 heterocycles. The number of nitrogens with one attached hydrogen (secondary N) is 2. The second kappa shape index (κ2) is 16.8. The number of nitrogens with zero attached hydrogens (tertiary/aromatic N) is 3. The molecule has 0 spiro atoms. The van der Waals surface area contributed by atoms with Gasteiger partial charge < -0.3 is 29.2 Å². The summed E-state index contributed by atoms with van der Waals surface area (Å²) in [5.74, 6) is 0.578. The molecule has 294 valence electrons. The third kappa shape index (κ3) is 6.88. The second-order valence-electron chi connectivity index (χ2n) is 14.6. The Balaban J connectivity index is 1.17. The van der Waals surface area contributed by atoms with Crippen molar-refractivity contribution >= 4 is 17.0 Å². The van der Waals surface area contributed by atoms with E-state index in [0.29, 0.717) is 17.0 Å². The molecule has 2 aromatic heterocycles. The quantitative estimate of drug-likeness (QED) is 0.105. The fourth-order valence-electron chi connectivity index (χ4n) is 8.82. The first-order valence-corrected chi connectivity index (χ1v) is 19.8. The Labute approximate surface area is 344 Å². The fraction of sp³-hybridized carbons (Fsp3) is 0.180. The van der Waals surface area contributed by atoms with Crippen LogP contribution in [0.5, 0.6) is 0 Å². The molecular formula is C50H45N5O4. The van der Waals surface area contributed by atoms with E-state index in [-0.39, 0.29) is 6.61 Å². The molecule has 0 bridgehead atoms. The van der Waals surface area contributed by atoms with Crippen LogP contribution < -0.4 is 5.32 Å². The van der Waals surface area contributed by atoms with E-state index in [1.54, 1.807) is 26.9 Å². The molecule has 1 aliphatic rings. The standard InChI is InChI=1S/C50H45N5O4/c1-56-45-42(32-58-50(37-24-12-5-13-25-37,38-26-14-6-15-27-38)39-28-16-7-17-29-39)59-44(46(45)57-2)40-30-18-19-31-41(40)49(35-20-8-3-9-21-35,36-22-10-4-11-23-36)55-48-43-47(52-33-51-43)53-34-54-48/h3-31,33-34,42,44-46H,32H2,1-2H3,(H2,51,52,53,54,55)/t42-,44-,45-,46-/m1/s1. The number of H-pyrrole nitrogens is 1. The number of hydrogen-bond acceptors (Lipinski definition) is 8. The van der Waals surface area contributed by atoms with Gasteiger partial charge in [-0.15, -0.1) is 0 Å². The topological polar surface area (TPSA) is 103 Å². The van der Waals surface area contributed by atoms with Crippen molar-refractivity contribution in [2.75, 3.05) is 26.1 Å². The van der Waals surface area contributed by atoms with E-state index in [1.807, 2.05) is 36.4 Å². The number of rotatable bonds is 14. The second-order valence-corrected chi connectivity index (χ2v) is 14.6. The summed E-state index contributed by atoms with van der Waals surface area (Å²) >= 11 is 0. The SMILES string of the molecule is CO[C@H]1[C@H](OC)[C@@H](COC(c2ccccc2)(c2ccccc2)c2ccccc2)O[C@@H]1c1ccccc1C(Nc1ncnc2[nH]cnc12)(c1ccccc1)c1ccccc1. The first kappa shape index (κ1) is 38.1. The third-order valence-electron chi connectivity index (χ3n) is 11.5. The van der Waals surface area contributed by atoms with Crippen molar-refractivity contribution in [1.29, 1.82) is 0 Å². The molecule has 8 aromatic rings. The van der Waals surface area contributed by atoms with Crippen molar-refractivity contribution in [1.82, 2.24) is 19.9 Å². The van der Waals surface area contributed by atoms with Gasteiger partial charge in [-0.3, -0.25) is 0 Å². The minimum absolute atomic E-state index is 0.203. The highest BCUT2D eigenvalue weighted by atomic mass is 16.6. The average molecular weight is 780 g/mol. The maximum Gasteiger partial charge on any atom is 0.162 e. The van der Waals surface area contributed by atoms with Crippen molar-refractivity contribution in [2.45, 2.75) is 35.6 Å². The summed E-state index contributed by atoms with van der Waals surface area (Å²) in [5.41, 5.74) is 6.22. The smallest absolute Gasteiger partial charge is 0.162 e. The van der Waals surface area contributed by atoms with Crippen LogP contribution in [0.2, 0.25) is 0 Å². The lowest BCUT2D eigenvalue weighted by atomic mass is 9.74. The number of ether oxygens (including phenoxy) is 4. The lowest BCUT2D eigenvalue weighted by Gasteiger charge is -2.39. The predicted molar refractivity (Wildman–Crippen MR) is 229 cm³/mol. The molecule has 9 nitrogen and oxygen atoms in total. The highest BCUT2D eigenvalue weighted by Gasteiger charge is 2.50. The van der Waals surface area contributed by atoms with Crippen LogP contribution in [0.15, 0.2) is 189 Å². The normalized spacial score (nSPS) is 18.2. The summed E-state index contributed by atoms with van der Waals surface area (Å²) in [5, 5.41) is 3.92. The largest absolute Gasteiger partial charge is 0.376 e. The van der Waals surface area contributed by atoms with Gasteiger partial charge in [0.1, 0.15) is 47.4 Å². The molecule has 0 unspecified atom stereocenters. The Morgan fingerprint density at radius 2 is 1.07 bits per heavy atom. The predicted octanol–water partition coefficient (Wildman–Crippen LogP) is 9.24. The van der Waals surface area contributed by atoms with E-state index >= 15 is 0 Å². The molecule has 59 heavy (non-hydrogen) atoms. The summed E-state index contributed by atoms with van der Waals surface area (Å²) < 4.78 is 27.3. The fourth-order valence-corrected chi connectivity index (χ4v) is 8.82. The van der Waals surface area contributed by atoms with Crippen LogP contribution in [0.4, 0.5) is 5.82 Å². The van der Waals surface area contributed by atoms with Gasteiger partial charge >= 0.3 is 0 Å². The van der Waals surface area contributed by atoms with Crippen LogP contribution in [0.3, 0.4) is 0 Å². The lowest BCUT2D eigenvalue weighted by molar-refractivity contribution is -0.0897. The molecule has 0 saturated carbocycles. The molecule has 1 saturated heterocycles. The van der Waals surface area contributed by atoms with Gasteiger partial charge in [0, 0.05) is 14.2 Å². The van der Waals surface area contributed by atoms with Gasteiger partial charge in [0.25, 0.3) is 0 Å². The van der Waals surface area contributed by atoms with Gasteiger partial charge in [-0.05, 0) is 38.9 Å². The number of anilines is 1. The van der Waals surface area contributed by atoms with Crippen LogP contribution in [0, 0.1) is 0 Å². The molecule has 2 N–H and O–H groups in total. The van der Waals surface area contributed by atoms with Crippen molar-refractivity contribution in [3.63, 3.8) is 0 Å². The number of fused-ring (bicyclic) bond motifs is 1. The van der Waals surface area contributed by atoms with Crippen LogP contribution >= 0.6 is 0 Å². The molecule has 9 heteroatoms. The van der Waals surface area contributed by atoms with Crippen LogP contribution in [0.25, 0.3) is 11.2 Å².